The zero-order valence-corrected chi connectivity index (χ0v) is 14.4. The van der Waals surface area contributed by atoms with Crippen LogP contribution < -0.4 is 5.73 Å². The quantitative estimate of drug-likeness (QED) is 0.881. The predicted molar refractivity (Wildman–Crippen MR) is 89.3 cm³/mol. The minimum Gasteiger partial charge on any atom is -0.327 e. The zero-order valence-electron chi connectivity index (χ0n) is 12.8. The van der Waals surface area contributed by atoms with Crippen LogP contribution in [0.4, 0.5) is 0 Å². The first kappa shape index (κ1) is 16.3. The van der Waals surface area contributed by atoms with E-state index in [1.807, 2.05) is 6.07 Å². The minimum absolute atomic E-state index is 0.374. The van der Waals surface area contributed by atoms with Gasteiger partial charge in [0.2, 0.25) is 0 Å². The largest absolute Gasteiger partial charge is 0.327 e. The summed E-state index contributed by atoms with van der Waals surface area (Å²) in [5, 5.41) is 0. The van der Waals surface area contributed by atoms with Crippen LogP contribution >= 0.6 is 22.9 Å². The highest BCUT2D eigenvalue weighted by Crippen LogP contribution is 2.33. The van der Waals surface area contributed by atoms with E-state index in [9.17, 15) is 0 Å². The lowest BCUT2D eigenvalue weighted by Gasteiger charge is -2.38. The molecule has 3 atom stereocenters. The van der Waals surface area contributed by atoms with E-state index < -0.39 is 0 Å². The monoisotopic (exact) mass is 314 g/mol. The molecule has 2 nitrogen and oxygen atoms in total. The lowest BCUT2D eigenvalue weighted by Crippen LogP contribution is -2.42. The molecule has 0 radical (unpaired) electrons. The molecular weight excluding hydrogens is 288 g/mol. The number of hydrogen-bond acceptors (Lipinski definition) is 3. The van der Waals surface area contributed by atoms with Gasteiger partial charge in [0.15, 0.2) is 0 Å². The van der Waals surface area contributed by atoms with Crippen LogP contribution in [-0.4, -0.2) is 24.5 Å². The van der Waals surface area contributed by atoms with Crippen molar-refractivity contribution in [2.24, 2.45) is 23.5 Å². The van der Waals surface area contributed by atoms with Crippen molar-refractivity contribution < 1.29 is 0 Å². The molecule has 1 aromatic heterocycles. The summed E-state index contributed by atoms with van der Waals surface area (Å²) in [4.78, 5) is 3.73. The molecule has 0 spiro atoms. The van der Waals surface area contributed by atoms with Crippen molar-refractivity contribution in [2.75, 3.05) is 13.6 Å². The van der Waals surface area contributed by atoms with Gasteiger partial charge < -0.3 is 10.6 Å². The van der Waals surface area contributed by atoms with Crippen LogP contribution in [0.15, 0.2) is 12.1 Å². The molecule has 1 heterocycles. The average molecular weight is 315 g/mol. The normalized spacial score (nSPS) is 27.4. The Balaban J connectivity index is 1.87. The van der Waals surface area contributed by atoms with Gasteiger partial charge in [0.25, 0.3) is 0 Å². The summed E-state index contributed by atoms with van der Waals surface area (Å²) in [5.41, 5.74) is 6.34. The van der Waals surface area contributed by atoms with Crippen LogP contribution in [0.1, 0.15) is 38.0 Å². The van der Waals surface area contributed by atoms with Crippen molar-refractivity contribution in [1.29, 1.82) is 0 Å². The van der Waals surface area contributed by atoms with Crippen LogP contribution in [0.2, 0.25) is 4.34 Å². The summed E-state index contributed by atoms with van der Waals surface area (Å²) in [6.07, 6.45) is 3.78. The summed E-state index contributed by atoms with van der Waals surface area (Å²) in [7, 11) is 2.19. The minimum atomic E-state index is 0.374. The van der Waals surface area contributed by atoms with Gasteiger partial charge in [-0.15, -0.1) is 11.3 Å². The van der Waals surface area contributed by atoms with E-state index >= 15 is 0 Å². The first-order chi connectivity index (χ1) is 9.45. The summed E-state index contributed by atoms with van der Waals surface area (Å²) < 4.78 is 0.877. The Morgan fingerprint density at radius 1 is 1.40 bits per heavy atom. The molecule has 114 valence electrons. The van der Waals surface area contributed by atoms with Gasteiger partial charge in [0.05, 0.1) is 4.34 Å². The van der Waals surface area contributed by atoms with Gasteiger partial charge in [-0.25, -0.2) is 0 Å². The molecule has 0 aliphatic heterocycles. The number of nitrogens with two attached hydrogens (primary N) is 1. The third kappa shape index (κ3) is 4.45. The van der Waals surface area contributed by atoms with Crippen molar-refractivity contribution in [3.8, 4) is 0 Å². The van der Waals surface area contributed by atoms with Crippen molar-refractivity contribution in [1.82, 2.24) is 4.90 Å². The molecular formula is C16H27ClN2S. The fourth-order valence-electron chi connectivity index (χ4n) is 3.31. The lowest BCUT2D eigenvalue weighted by atomic mass is 9.74. The predicted octanol–water partition coefficient (Wildman–Crippen LogP) is 4.23. The van der Waals surface area contributed by atoms with Gasteiger partial charge in [0, 0.05) is 24.0 Å². The van der Waals surface area contributed by atoms with Crippen LogP contribution in [0.5, 0.6) is 0 Å². The first-order valence-corrected chi connectivity index (χ1v) is 8.83. The second-order valence-corrected chi connectivity index (χ2v) is 8.44. The molecule has 2 rings (SSSR count). The van der Waals surface area contributed by atoms with Crippen LogP contribution in [-0.2, 0) is 6.54 Å². The number of nitrogens with zero attached hydrogens (tertiary/aromatic N) is 1. The molecule has 20 heavy (non-hydrogen) atoms. The molecule has 3 unspecified atom stereocenters. The van der Waals surface area contributed by atoms with E-state index in [0.29, 0.717) is 12.0 Å². The molecule has 1 aliphatic rings. The maximum absolute atomic E-state index is 6.34. The number of hydrogen-bond donors (Lipinski definition) is 1. The molecule has 0 aromatic carbocycles. The van der Waals surface area contributed by atoms with Gasteiger partial charge in [-0.1, -0.05) is 25.4 Å². The molecule has 1 fully saturated rings. The third-order valence-electron chi connectivity index (χ3n) is 4.63. The summed E-state index contributed by atoms with van der Waals surface area (Å²) in [6, 6.07) is 4.48. The Bertz CT molecular complexity index is 418. The smallest absolute Gasteiger partial charge is 0.0931 e. The van der Waals surface area contributed by atoms with E-state index in [1.165, 1.54) is 24.1 Å². The van der Waals surface area contributed by atoms with E-state index in [4.69, 9.17) is 17.3 Å². The number of thiophene rings is 1. The second-order valence-electron chi connectivity index (χ2n) is 6.64. The van der Waals surface area contributed by atoms with Gasteiger partial charge in [0.1, 0.15) is 0 Å². The number of rotatable bonds is 5. The SMILES string of the molecule is CC(C)C1CCC(N)C(CN(C)Cc2ccc(Cl)s2)C1. The maximum Gasteiger partial charge on any atom is 0.0931 e. The van der Waals surface area contributed by atoms with Crippen LogP contribution in [0.3, 0.4) is 0 Å². The average Bonchev–Trinajstić information content (AvgIpc) is 2.77. The van der Waals surface area contributed by atoms with Crippen LogP contribution in [0.25, 0.3) is 0 Å². The summed E-state index contributed by atoms with van der Waals surface area (Å²) >= 11 is 7.67. The zero-order chi connectivity index (χ0) is 14.7. The highest BCUT2D eigenvalue weighted by molar-refractivity contribution is 7.16. The van der Waals surface area contributed by atoms with E-state index in [1.54, 1.807) is 11.3 Å². The third-order valence-corrected chi connectivity index (χ3v) is 5.84. The van der Waals surface area contributed by atoms with Gasteiger partial charge in [-0.2, -0.15) is 0 Å². The van der Waals surface area contributed by atoms with Crippen molar-refractivity contribution in [2.45, 2.75) is 45.7 Å². The van der Waals surface area contributed by atoms with Crippen LogP contribution in [0, 0.1) is 17.8 Å². The first-order valence-electron chi connectivity index (χ1n) is 7.64. The van der Waals surface area contributed by atoms with Gasteiger partial charge in [-0.3, -0.25) is 0 Å². The van der Waals surface area contributed by atoms with Crippen molar-refractivity contribution in [3.05, 3.63) is 21.3 Å². The van der Waals surface area contributed by atoms with E-state index in [2.05, 4.69) is 31.9 Å². The topological polar surface area (TPSA) is 29.3 Å². The second kappa shape index (κ2) is 7.26. The van der Waals surface area contributed by atoms with E-state index in [0.717, 1.165) is 29.3 Å². The molecule has 1 aliphatic carbocycles. The molecule has 2 N–H and O–H groups in total. The Morgan fingerprint density at radius 3 is 2.75 bits per heavy atom. The van der Waals surface area contributed by atoms with Gasteiger partial charge >= 0.3 is 0 Å². The molecule has 0 amide bonds. The Morgan fingerprint density at radius 2 is 2.15 bits per heavy atom. The number of halogens is 1. The van der Waals surface area contributed by atoms with Gasteiger partial charge in [-0.05, 0) is 56.2 Å². The molecule has 0 bridgehead atoms. The fraction of sp³-hybridized carbons (Fsp3) is 0.750. The Kier molecular flexibility index (Phi) is 5.91. The molecule has 1 saturated carbocycles. The standard InChI is InChI=1S/C16H27ClN2S/c1-11(2)12-4-6-15(18)13(8-12)9-19(3)10-14-5-7-16(17)20-14/h5,7,11-13,15H,4,6,8-10,18H2,1-3H3. The highest BCUT2D eigenvalue weighted by Gasteiger charge is 2.30. The molecule has 0 saturated heterocycles. The Hall–Kier alpha value is -0.0900. The molecule has 4 heteroatoms. The maximum atomic E-state index is 6.34. The van der Waals surface area contributed by atoms with Crippen molar-refractivity contribution in [3.63, 3.8) is 0 Å². The van der Waals surface area contributed by atoms with E-state index in [-0.39, 0.29) is 0 Å². The Labute approximate surface area is 132 Å². The fourth-order valence-corrected chi connectivity index (χ4v) is 4.47. The van der Waals surface area contributed by atoms with Crippen molar-refractivity contribution >= 4 is 22.9 Å². The highest BCUT2D eigenvalue weighted by atomic mass is 35.5. The molecule has 1 aromatic rings. The summed E-state index contributed by atoms with van der Waals surface area (Å²) in [6.45, 7) is 6.76. The lowest BCUT2D eigenvalue weighted by molar-refractivity contribution is 0.147. The summed E-state index contributed by atoms with van der Waals surface area (Å²) in [5.74, 6) is 2.27.